The summed E-state index contributed by atoms with van der Waals surface area (Å²) in [5.74, 6) is 0.810. The molecule has 0 saturated carbocycles. The van der Waals surface area contributed by atoms with Crippen molar-refractivity contribution >= 4 is 16.0 Å². The maximum absolute atomic E-state index is 10.5. The Labute approximate surface area is 113 Å². The lowest BCUT2D eigenvalue weighted by atomic mass is 10.2. The molecule has 0 aliphatic carbocycles. The molecule has 19 heavy (non-hydrogen) atoms. The van der Waals surface area contributed by atoms with Gasteiger partial charge in [-0.3, -0.25) is 4.55 Å². The quantitative estimate of drug-likeness (QED) is 0.466. The van der Waals surface area contributed by atoms with E-state index in [0.29, 0.717) is 0 Å². The lowest BCUT2D eigenvalue weighted by Gasteiger charge is -2.07. The third-order valence-corrected chi connectivity index (χ3v) is 3.64. The first-order valence-electron chi connectivity index (χ1n) is 5.81. The molecule has 7 heteroatoms. The molecule has 1 aromatic rings. The summed E-state index contributed by atoms with van der Waals surface area (Å²) in [6, 6.07) is 5.99. The minimum atomic E-state index is -4.02. The van der Waals surface area contributed by atoms with E-state index in [1.54, 1.807) is 12.1 Å². The minimum Gasteiger partial charge on any atom is -0.409 e. The summed E-state index contributed by atoms with van der Waals surface area (Å²) in [5, 5.41) is 11.4. The van der Waals surface area contributed by atoms with Crippen molar-refractivity contribution in [2.45, 2.75) is 24.7 Å². The third kappa shape index (κ3) is 4.88. The molecular weight excluding hydrogens is 268 g/mol. The number of oxime groups is 1. The van der Waals surface area contributed by atoms with Crippen molar-refractivity contribution in [2.75, 3.05) is 13.6 Å². The molecule has 1 aliphatic heterocycles. The molecule has 1 fully saturated rings. The van der Waals surface area contributed by atoms with Gasteiger partial charge in [0.25, 0.3) is 10.1 Å². The van der Waals surface area contributed by atoms with Crippen LogP contribution in [-0.2, 0) is 10.1 Å². The zero-order valence-corrected chi connectivity index (χ0v) is 11.8. The van der Waals surface area contributed by atoms with Gasteiger partial charge in [-0.1, -0.05) is 22.9 Å². The standard InChI is InChI=1S/C7H8O3S.C5H10N2O/c1-6-2-4-7(5-3-6)11(8,9)10;1-7-4-2-3-5(7)6-8/h2-5H,1H3,(H,8,9,10);8H,2-4H2,1H3. The van der Waals surface area contributed by atoms with Gasteiger partial charge in [0.15, 0.2) is 0 Å². The van der Waals surface area contributed by atoms with Crippen molar-refractivity contribution in [2.24, 2.45) is 5.16 Å². The van der Waals surface area contributed by atoms with Crippen LogP contribution in [0.1, 0.15) is 18.4 Å². The molecule has 0 aromatic heterocycles. The molecule has 1 saturated heterocycles. The molecule has 0 bridgehead atoms. The Morgan fingerprint density at radius 3 is 2.16 bits per heavy atom. The normalized spacial score (nSPS) is 17.2. The van der Waals surface area contributed by atoms with Crippen LogP contribution >= 0.6 is 0 Å². The summed E-state index contributed by atoms with van der Waals surface area (Å²) < 4.78 is 29.6. The lowest BCUT2D eigenvalue weighted by molar-refractivity contribution is 0.309. The van der Waals surface area contributed by atoms with Gasteiger partial charge in [0.05, 0.1) is 4.90 Å². The molecule has 1 heterocycles. The van der Waals surface area contributed by atoms with Crippen molar-refractivity contribution in [1.29, 1.82) is 0 Å². The zero-order valence-electron chi connectivity index (χ0n) is 10.9. The van der Waals surface area contributed by atoms with Crippen molar-refractivity contribution in [1.82, 2.24) is 4.90 Å². The van der Waals surface area contributed by atoms with Gasteiger partial charge in [0.2, 0.25) is 0 Å². The minimum absolute atomic E-state index is 0.0666. The number of hydrogen-bond donors (Lipinski definition) is 2. The van der Waals surface area contributed by atoms with E-state index >= 15 is 0 Å². The van der Waals surface area contributed by atoms with Crippen LogP contribution in [0.25, 0.3) is 0 Å². The van der Waals surface area contributed by atoms with Crippen LogP contribution in [0.4, 0.5) is 0 Å². The van der Waals surface area contributed by atoms with E-state index < -0.39 is 10.1 Å². The highest BCUT2D eigenvalue weighted by Gasteiger charge is 2.13. The summed E-state index contributed by atoms with van der Waals surface area (Å²) in [6.07, 6.45) is 2.04. The van der Waals surface area contributed by atoms with E-state index in [1.807, 2.05) is 18.9 Å². The van der Waals surface area contributed by atoms with Gasteiger partial charge >= 0.3 is 0 Å². The molecule has 6 nitrogen and oxygen atoms in total. The Kier molecular flexibility index (Phi) is 5.31. The van der Waals surface area contributed by atoms with Gasteiger partial charge < -0.3 is 10.1 Å². The van der Waals surface area contributed by atoms with Crippen molar-refractivity contribution in [3.8, 4) is 0 Å². The molecule has 0 atom stereocenters. The first-order valence-corrected chi connectivity index (χ1v) is 7.25. The Hall–Kier alpha value is -1.60. The van der Waals surface area contributed by atoms with E-state index in [0.717, 1.165) is 30.8 Å². The average Bonchev–Trinajstić information content (AvgIpc) is 2.75. The maximum atomic E-state index is 10.5. The smallest absolute Gasteiger partial charge is 0.294 e. The second kappa shape index (κ2) is 6.53. The summed E-state index contributed by atoms with van der Waals surface area (Å²) in [7, 11) is -2.09. The van der Waals surface area contributed by atoms with E-state index in [-0.39, 0.29) is 4.90 Å². The fraction of sp³-hybridized carbons (Fsp3) is 0.417. The number of aryl methyl sites for hydroxylation is 1. The topological polar surface area (TPSA) is 90.2 Å². The number of rotatable bonds is 1. The van der Waals surface area contributed by atoms with Crippen LogP contribution in [0.3, 0.4) is 0 Å². The first-order chi connectivity index (χ1) is 8.84. The van der Waals surface area contributed by atoms with Gasteiger partial charge in [-0.25, -0.2) is 0 Å². The van der Waals surface area contributed by atoms with Gasteiger partial charge in [0.1, 0.15) is 5.84 Å². The maximum Gasteiger partial charge on any atom is 0.294 e. The Morgan fingerprint density at radius 1 is 1.26 bits per heavy atom. The first kappa shape index (κ1) is 15.5. The molecule has 106 valence electrons. The van der Waals surface area contributed by atoms with Gasteiger partial charge in [0, 0.05) is 20.0 Å². The van der Waals surface area contributed by atoms with Crippen LogP contribution in [0.15, 0.2) is 34.3 Å². The van der Waals surface area contributed by atoms with Crippen molar-refractivity contribution < 1.29 is 18.2 Å². The van der Waals surface area contributed by atoms with E-state index in [2.05, 4.69) is 5.16 Å². The fourth-order valence-corrected chi connectivity index (χ4v) is 2.11. The molecule has 1 aliphatic rings. The summed E-state index contributed by atoms with van der Waals surface area (Å²) in [4.78, 5) is 1.89. The number of amidine groups is 1. The average molecular weight is 286 g/mol. The van der Waals surface area contributed by atoms with Crippen LogP contribution in [-0.4, -0.2) is 42.5 Å². The number of benzene rings is 1. The Bertz CT molecular complexity index is 537. The lowest BCUT2D eigenvalue weighted by Crippen LogP contribution is -2.18. The second-order valence-electron chi connectivity index (χ2n) is 4.33. The SMILES string of the molecule is CN1CCCC1=NO.Cc1ccc(S(=O)(=O)O)cc1. The molecule has 0 amide bonds. The third-order valence-electron chi connectivity index (χ3n) is 2.77. The predicted molar refractivity (Wildman–Crippen MR) is 72.1 cm³/mol. The van der Waals surface area contributed by atoms with Gasteiger partial charge in [-0.2, -0.15) is 8.42 Å². The molecule has 1 aromatic carbocycles. The molecule has 0 spiro atoms. The van der Waals surface area contributed by atoms with Crippen LogP contribution in [0, 0.1) is 6.92 Å². The summed E-state index contributed by atoms with van der Waals surface area (Å²) >= 11 is 0. The van der Waals surface area contributed by atoms with Crippen molar-refractivity contribution in [3.63, 3.8) is 0 Å². The van der Waals surface area contributed by atoms with Gasteiger partial charge in [-0.15, -0.1) is 0 Å². The Morgan fingerprint density at radius 2 is 1.84 bits per heavy atom. The van der Waals surface area contributed by atoms with E-state index in [4.69, 9.17) is 9.76 Å². The van der Waals surface area contributed by atoms with E-state index in [9.17, 15) is 8.42 Å². The number of likely N-dealkylation sites (tertiary alicyclic amines) is 1. The molecule has 2 N–H and O–H groups in total. The summed E-state index contributed by atoms with van der Waals surface area (Å²) in [6.45, 7) is 2.87. The highest BCUT2D eigenvalue weighted by Crippen LogP contribution is 2.08. The Balaban J connectivity index is 0.000000200. The zero-order chi connectivity index (χ0) is 14.5. The molecule has 0 unspecified atom stereocenters. The molecule has 2 rings (SSSR count). The molecular formula is C12H18N2O4S. The van der Waals surface area contributed by atoms with Crippen LogP contribution in [0.5, 0.6) is 0 Å². The van der Waals surface area contributed by atoms with Crippen molar-refractivity contribution in [3.05, 3.63) is 29.8 Å². The molecule has 0 radical (unpaired) electrons. The summed E-state index contributed by atoms with van der Waals surface area (Å²) in [5.41, 5.74) is 0.956. The highest BCUT2D eigenvalue weighted by atomic mass is 32.2. The number of nitrogens with zero attached hydrogens (tertiary/aromatic N) is 2. The van der Waals surface area contributed by atoms with Crippen LogP contribution in [0.2, 0.25) is 0 Å². The largest absolute Gasteiger partial charge is 0.409 e. The van der Waals surface area contributed by atoms with Gasteiger partial charge in [-0.05, 0) is 25.5 Å². The monoisotopic (exact) mass is 286 g/mol. The van der Waals surface area contributed by atoms with E-state index in [1.165, 1.54) is 12.1 Å². The van der Waals surface area contributed by atoms with Crippen LogP contribution < -0.4 is 0 Å². The predicted octanol–water partition coefficient (Wildman–Crippen LogP) is 1.74. The fourth-order valence-electron chi connectivity index (χ4n) is 1.63. The second-order valence-corrected chi connectivity index (χ2v) is 5.75. The highest BCUT2D eigenvalue weighted by molar-refractivity contribution is 7.85. The number of hydrogen-bond acceptors (Lipinski definition) is 4.